The predicted octanol–water partition coefficient (Wildman–Crippen LogP) is 2.41. The number of piperidine rings is 1. The van der Waals surface area contributed by atoms with Gasteiger partial charge in [-0.1, -0.05) is 0 Å². The molecule has 0 bridgehead atoms. The van der Waals surface area contributed by atoms with Crippen LogP contribution >= 0.6 is 0 Å². The summed E-state index contributed by atoms with van der Waals surface area (Å²) in [6, 6.07) is 3.41. The molecular formula is C19H19F2N3O2. The number of fused-ring (bicyclic) bond motifs is 3. The Bertz CT molecular complexity index is 910. The van der Waals surface area contributed by atoms with Crippen LogP contribution in [0.4, 0.5) is 8.78 Å². The standard InChI is InChI=1S/C19H19F2N3O2/c20-11-3-4-16(15(21)8-11)24-18-13-6-10(13)7-14(18)17(22-24)19(26)23-5-1-2-12(25)9-23/h3-4,8,10,12-13,25H,1-2,5-7,9H2/t10-,12?,13-/m1/s1. The van der Waals surface area contributed by atoms with Crippen LogP contribution in [0.3, 0.4) is 0 Å². The third-order valence-corrected chi connectivity index (χ3v) is 5.79. The van der Waals surface area contributed by atoms with Gasteiger partial charge in [0.15, 0.2) is 11.5 Å². The highest BCUT2D eigenvalue weighted by Crippen LogP contribution is 2.57. The van der Waals surface area contributed by atoms with E-state index in [2.05, 4.69) is 5.10 Å². The van der Waals surface area contributed by atoms with Crippen molar-refractivity contribution >= 4 is 5.91 Å². The zero-order valence-corrected chi connectivity index (χ0v) is 14.2. The molecule has 1 saturated heterocycles. The van der Waals surface area contributed by atoms with E-state index in [4.69, 9.17) is 0 Å². The number of halogens is 2. The Morgan fingerprint density at radius 1 is 1.31 bits per heavy atom. The monoisotopic (exact) mass is 359 g/mol. The average molecular weight is 359 g/mol. The first kappa shape index (κ1) is 15.9. The Labute approximate surface area is 149 Å². The number of benzene rings is 1. The summed E-state index contributed by atoms with van der Waals surface area (Å²) in [7, 11) is 0. The summed E-state index contributed by atoms with van der Waals surface area (Å²) in [5.74, 6) is -0.737. The Kier molecular flexibility index (Phi) is 3.44. The fourth-order valence-electron chi connectivity index (χ4n) is 4.41. The van der Waals surface area contributed by atoms with Crippen LogP contribution in [0.5, 0.6) is 0 Å². The van der Waals surface area contributed by atoms with Crippen LogP contribution in [0.1, 0.15) is 46.9 Å². The van der Waals surface area contributed by atoms with E-state index in [1.165, 1.54) is 16.8 Å². The van der Waals surface area contributed by atoms with Crippen molar-refractivity contribution in [3.63, 3.8) is 0 Å². The fraction of sp³-hybridized carbons (Fsp3) is 0.474. The second-order valence-corrected chi connectivity index (χ2v) is 7.57. The van der Waals surface area contributed by atoms with E-state index in [1.54, 1.807) is 4.90 Å². The van der Waals surface area contributed by atoms with Crippen molar-refractivity contribution in [1.29, 1.82) is 0 Å². The summed E-state index contributed by atoms with van der Waals surface area (Å²) in [6.45, 7) is 0.896. The second kappa shape index (κ2) is 5.61. The highest BCUT2D eigenvalue weighted by atomic mass is 19.1. The summed E-state index contributed by atoms with van der Waals surface area (Å²) in [5, 5.41) is 14.3. The lowest BCUT2D eigenvalue weighted by atomic mass is 10.1. The van der Waals surface area contributed by atoms with Gasteiger partial charge in [-0.05, 0) is 43.7 Å². The molecule has 2 heterocycles. The number of carbonyl (C=O) groups is 1. The quantitative estimate of drug-likeness (QED) is 0.896. The largest absolute Gasteiger partial charge is 0.391 e. The third kappa shape index (κ3) is 2.37. The molecule has 136 valence electrons. The number of aliphatic hydroxyl groups is 1. The first-order valence-electron chi connectivity index (χ1n) is 9.07. The lowest BCUT2D eigenvalue weighted by molar-refractivity contribution is 0.0467. The van der Waals surface area contributed by atoms with Crippen LogP contribution in [0, 0.1) is 17.6 Å². The first-order chi connectivity index (χ1) is 12.5. The number of likely N-dealkylation sites (tertiary alicyclic amines) is 1. The summed E-state index contributed by atoms with van der Waals surface area (Å²) < 4.78 is 29.1. The molecule has 1 saturated carbocycles. The Balaban J connectivity index is 1.58. The summed E-state index contributed by atoms with van der Waals surface area (Å²) in [6.07, 6.45) is 2.75. The van der Waals surface area contributed by atoms with Crippen molar-refractivity contribution in [2.75, 3.05) is 13.1 Å². The summed E-state index contributed by atoms with van der Waals surface area (Å²) in [5.41, 5.74) is 2.31. The van der Waals surface area contributed by atoms with Crippen LogP contribution < -0.4 is 0 Å². The van der Waals surface area contributed by atoms with Gasteiger partial charge in [-0.2, -0.15) is 5.10 Å². The SMILES string of the molecule is O=C(c1nn(-c2ccc(F)cc2F)c2c1C[C@H]1C[C@@H]21)N1CCCC(O)C1. The molecule has 3 atom stereocenters. The number of amides is 1. The van der Waals surface area contributed by atoms with Gasteiger partial charge < -0.3 is 10.0 Å². The van der Waals surface area contributed by atoms with Crippen LogP contribution in [-0.4, -0.2) is 44.9 Å². The van der Waals surface area contributed by atoms with E-state index in [-0.39, 0.29) is 11.6 Å². The fourth-order valence-corrected chi connectivity index (χ4v) is 4.41. The summed E-state index contributed by atoms with van der Waals surface area (Å²) >= 11 is 0. The molecule has 1 amide bonds. The highest BCUT2D eigenvalue weighted by molar-refractivity contribution is 5.94. The number of hydrogen-bond donors (Lipinski definition) is 1. The van der Waals surface area contributed by atoms with Gasteiger partial charge in [0.25, 0.3) is 5.91 Å². The molecule has 3 aliphatic rings. The number of rotatable bonds is 2. The van der Waals surface area contributed by atoms with Gasteiger partial charge in [0.1, 0.15) is 11.5 Å². The van der Waals surface area contributed by atoms with Gasteiger partial charge in [0, 0.05) is 30.6 Å². The molecule has 1 aromatic carbocycles. The van der Waals surface area contributed by atoms with Gasteiger partial charge >= 0.3 is 0 Å². The number of hydrogen-bond acceptors (Lipinski definition) is 3. The molecule has 7 heteroatoms. The Morgan fingerprint density at radius 2 is 2.15 bits per heavy atom. The highest BCUT2D eigenvalue weighted by Gasteiger charge is 2.50. The number of aliphatic hydroxyl groups excluding tert-OH is 1. The molecule has 0 spiro atoms. The third-order valence-electron chi connectivity index (χ3n) is 5.79. The molecule has 2 aliphatic carbocycles. The van der Waals surface area contributed by atoms with Gasteiger partial charge in [-0.25, -0.2) is 13.5 Å². The minimum Gasteiger partial charge on any atom is -0.391 e. The molecular weight excluding hydrogens is 340 g/mol. The molecule has 26 heavy (non-hydrogen) atoms. The van der Waals surface area contributed by atoms with Crippen molar-refractivity contribution in [1.82, 2.24) is 14.7 Å². The molecule has 1 aromatic heterocycles. The number of β-amino-alcohol motifs (C(OH)–C–C–N with tert-alkyl or cyclic N) is 1. The maximum Gasteiger partial charge on any atom is 0.274 e. The summed E-state index contributed by atoms with van der Waals surface area (Å²) in [4.78, 5) is 14.6. The predicted molar refractivity (Wildman–Crippen MR) is 89.2 cm³/mol. The molecule has 1 N–H and O–H groups in total. The van der Waals surface area contributed by atoms with Crippen molar-refractivity contribution in [2.45, 2.75) is 37.7 Å². The molecule has 2 fully saturated rings. The van der Waals surface area contributed by atoms with E-state index in [9.17, 15) is 18.7 Å². The Morgan fingerprint density at radius 3 is 2.92 bits per heavy atom. The lowest BCUT2D eigenvalue weighted by Crippen LogP contribution is -2.42. The minimum absolute atomic E-state index is 0.174. The van der Waals surface area contributed by atoms with Crippen molar-refractivity contribution in [3.8, 4) is 5.69 Å². The van der Waals surface area contributed by atoms with E-state index >= 15 is 0 Å². The molecule has 1 aliphatic heterocycles. The first-order valence-corrected chi connectivity index (χ1v) is 9.07. The lowest BCUT2D eigenvalue weighted by Gasteiger charge is -2.29. The van der Waals surface area contributed by atoms with Gasteiger partial charge in [0.05, 0.1) is 11.8 Å². The molecule has 0 radical (unpaired) electrons. The van der Waals surface area contributed by atoms with Crippen molar-refractivity contribution in [3.05, 3.63) is 46.8 Å². The average Bonchev–Trinajstić information content (AvgIpc) is 3.12. The normalized spacial score (nSPS) is 26.6. The van der Waals surface area contributed by atoms with Gasteiger partial charge in [0.2, 0.25) is 0 Å². The van der Waals surface area contributed by atoms with Crippen LogP contribution in [0.25, 0.3) is 5.69 Å². The maximum absolute atomic E-state index is 14.3. The van der Waals surface area contributed by atoms with Crippen molar-refractivity contribution in [2.24, 2.45) is 5.92 Å². The second-order valence-electron chi connectivity index (χ2n) is 7.57. The minimum atomic E-state index is -0.688. The molecule has 5 rings (SSSR count). The maximum atomic E-state index is 14.3. The van der Waals surface area contributed by atoms with Crippen LogP contribution in [-0.2, 0) is 6.42 Å². The van der Waals surface area contributed by atoms with Gasteiger partial charge in [-0.3, -0.25) is 4.79 Å². The Hall–Kier alpha value is -2.28. The van der Waals surface area contributed by atoms with E-state index in [0.717, 1.165) is 36.6 Å². The number of aromatic nitrogens is 2. The molecule has 1 unspecified atom stereocenters. The van der Waals surface area contributed by atoms with Crippen molar-refractivity contribution < 1.29 is 18.7 Å². The van der Waals surface area contributed by atoms with E-state index < -0.39 is 17.7 Å². The molecule has 2 aromatic rings. The smallest absolute Gasteiger partial charge is 0.274 e. The van der Waals surface area contributed by atoms with Crippen LogP contribution in [0.15, 0.2) is 18.2 Å². The van der Waals surface area contributed by atoms with Gasteiger partial charge in [-0.15, -0.1) is 0 Å². The van der Waals surface area contributed by atoms with E-state index in [1.807, 2.05) is 0 Å². The molecule has 5 nitrogen and oxygen atoms in total. The number of nitrogens with zero attached hydrogens (tertiary/aromatic N) is 3. The zero-order valence-electron chi connectivity index (χ0n) is 14.2. The number of carbonyl (C=O) groups excluding carboxylic acids is 1. The van der Waals surface area contributed by atoms with E-state index in [0.29, 0.717) is 37.0 Å². The van der Waals surface area contributed by atoms with Crippen LogP contribution in [0.2, 0.25) is 0 Å². The topological polar surface area (TPSA) is 58.4 Å². The zero-order chi connectivity index (χ0) is 18.0.